The highest BCUT2D eigenvalue weighted by atomic mass is 16.3. The lowest BCUT2D eigenvalue weighted by molar-refractivity contribution is -0.00531. The van der Waals surface area contributed by atoms with E-state index in [1.54, 1.807) is 0 Å². The second kappa shape index (κ2) is 4.33. The molecular weight excluding hydrogens is 186 g/mol. The Morgan fingerprint density at radius 3 is 2.07 bits per heavy atom. The highest BCUT2D eigenvalue weighted by Crippen LogP contribution is 2.20. The highest BCUT2D eigenvalue weighted by Gasteiger charge is 2.34. The first-order valence-corrected chi connectivity index (χ1v) is 5.34. The molecule has 0 bridgehead atoms. The Hall–Kier alpha value is -0.860. The molecule has 1 aromatic carbocycles. The molecule has 1 aromatic rings. The summed E-state index contributed by atoms with van der Waals surface area (Å²) in [4.78, 5) is 0. The summed E-state index contributed by atoms with van der Waals surface area (Å²) < 4.78 is 0. The highest BCUT2D eigenvalue weighted by molar-refractivity contribution is 5.15. The van der Waals surface area contributed by atoms with Crippen LogP contribution in [0.5, 0.6) is 0 Å². The quantitative estimate of drug-likeness (QED) is 0.794. The molecule has 0 aliphatic rings. The molecule has 2 heteroatoms. The zero-order valence-electron chi connectivity index (χ0n) is 10.0. The molecule has 0 atom stereocenters. The lowest BCUT2D eigenvalue weighted by atomic mass is 9.86. The van der Waals surface area contributed by atoms with E-state index in [9.17, 15) is 5.11 Å². The third-order valence-electron chi connectivity index (χ3n) is 3.11. The summed E-state index contributed by atoms with van der Waals surface area (Å²) in [6, 6.07) is 10.2. The molecule has 0 fully saturated rings. The zero-order valence-corrected chi connectivity index (χ0v) is 10.0. The minimum absolute atomic E-state index is 0.303. The van der Waals surface area contributed by atoms with Gasteiger partial charge >= 0.3 is 0 Å². The SMILES string of the molecule is CC(C)(O)C(C)(C)NCc1ccccc1. The smallest absolute Gasteiger partial charge is 0.0767 e. The maximum absolute atomic E-state index is 9.96. The van der Waals surface area contributed by atoms with Gasteiger partial charge in [-0.15, -0.1) is 0 Å². The predicted octanol–water partition coefficient (Wildman–Crippen LogP) is 2.33. The van der Waals surface area contributed by atoms with Crippen LogP contribution in [0.25, 0.3) is 0 Å². The zero-order chi connectivity index (χ0) is 11.5. The van der Waals surface area contributed by atoms with Gasteiger partial charge in [0.2, 0.25) is 0 Å². The summed E-state index contributed by atoms with van der Waals surface area (Å²) in [7, 11) is 0. The van der Waals surface area contributed by atoms with Crippen molar-refractivity contribution in [2.24, 2.45) is 0 Å². The van der Waals surface area contributed by atoms with Gasteiger partial charge in [-0.3, -0.25) is 0 Å². The van der Waals surface area contributed by atoms with E-state index in [4.69, 9.17) is 0 Å². The molecule has 0 aromatic heterocycles. The Morgan fingerprint density at radius 2 is 1.60 bits per heavy atom. The van der Waals surface area contributed by atoms with Gasteiger partial charge in [0.25, 0.3) is 0 Å². The minimum atomic E-state index is -0.734. The van der Waals surface area contributed by atoms with Gasteiger partial charge in [-0.1, -0.05) is 30.3 Å². The summed E-state index contributed by atoms with van der Waals surface area (Å²) in [5.74, 6) is 0. The monoisotopic (exact) mass is 207 g/mol. The lowest BCUT2D eigenvalue weighted by Crippen LogP contribution is -2.55. The predicted molar refractivity (Wildman–Crippen MR) is 63.7 cm³/mol. The van der Waals surface area contributed by atoms with Crippen LogP contribution in [0.2, 0.25) is 0 Å². The van der Waals surface area contributed by atoms with Crippen LogP contribution in [0, 0.1) is 0 Å². The van der Waals surface area contributed by atoms with E-state index in [-0.39, 0.29) is 5.54 Å². The molecule has 84 valence electrons. The first-order valence-electron chi connectivity index (χ1n) is 5.34. The van der Waals surface area contributed by atoms with Crippen LogP contribution < -0.4 is 5.32 Å². The van der Waals surface area contributed by atoms with E-state index in [1.165, 1.54) is 5.56 Å². The second-order valence-electron chi connectivity index (χ2n) is 5.02. The molecule has 0 amide bonds. The Kier molecular flexibility index (Phi) is 3.53. The normalized spacial score (nSPS) is 12.9. The first-order chi connectivity index (χ1) is 6.83. The maximum atomic E-state index is 9.96. The van der Waals surface area contributed by atoms with Crippen molar-refractivity contribution in [3.8, 4) is 0 Å². The molecule has 0 spiro atoms. The molecule has 2 N–H and O–H groups in total. The molecule has 1 rings (SSSR count). The summed E-state index contributed by atoms with van der Waals surface area (Å²) in [6.45, 7) is 8.44. The van der Waals surface area contributed by atoms with Gasteiger partial charge in [0.05, 0.1) is 5.60 Å². The summed E-state index contributed by atoms with van der Waals surface area (Å²) >= 11 is 0. The van der Waals surface area contributed by atoms with Gasteiger partial charge in [-0.25, -0.2) is 0 Å². The molecule has 0 heterocycles. The summed E-state index contributed by atoms with van der Waals surface area (Å²) in [6.07, 6.45) is 0. The van der Waals surface area contributed by atoms with Crippen LogP contribution in [0.3, 0.4) is 0 Å². The molecule has 0 aliphatic heterocycles. The van der Waals surface area contributed by atoms with Crippen LogP contribution >= 0.6 is 0 Å². The Labute approximate surface area is 92.3 Å². The van der Waals surface area contributed by atoms with Crippen molar-refractivity contribution < 1.29 is 5.11 Å². The van der Waals surface area contributed by atoms with Crippen molar-refractivity contribution in [1.82, 2.24) is 5.32 Å². The number of benzene rings is 1. The van der Waals surface area contributed by atoms with Gasteiger partial charge in [0.1, 0.15) is 0 Å². The summed E-state index contributed by atoms with van der Waals surface area (Å²) in [5.41, 5.74) is 0.194. The largest absolute Gasteiger partial charge is 0.389 e. The molecule has 0 aliphatic carbocycles. The lowest BCUT2D eigenvalue weighted by Gasteiger charge is -2.38. The van der Waals surface area contributed by atoms with Crippen molar-refractivity contribution in [2.75, 3.05) is 0 Å². The molecule has 0 unspecified atom stereocenters. The van der Waals surface area contributed by atoms with Crippen molar-refractivity contribution in [1.29, 1.82) is 0 Å². The van der Waals surface area contributed by atoms with Crippen LogP contribution in [0.15, 0.2) is 30.3 Å². The fourth-order valence-corrected chi connectivity index (χ4v) is 1.14. The Morgan fingerprint density at radius 1 is 1.07 bits per heavy atom. The van der Waals surface area contributed by atoms with Crippen molar-refractivity contribution in [2.45, 2.75) is 45.4 Å². The third-order valence-corrected chi connectivity index (χ3v) is 3.11. The van der Waals surface area contributed by atoms with Crippen molar-refractivity contribution >= 4 is 0 Å². The molecule has 0 saturated heterocycles. The number of hydrogen-bond acceptors (Lipinski definition) is 2. The Balaban J connectivity index is 2.58. The first kappa shape index (κ1) is 12.2. The number of rotatable bonds is 4. The van der Waals surface area contributed by atoms with Crippen LogP contribution in [0.4, 0.5) is 0 Å². The van der Waals surface area contributed by atoms with E-state index in [2.05, 4.69) is 17.4 Å². The summed E-state index contributed by atoms with van der Waals surface area (Å²) in [5, 5.41) is 13.3. The number of hydrogen-bond donors (Lipinski definition) is 2. The van der Waals surface area contributed by atoms with E-state index in [0.29, 0.717) is 0 Å². The molecule has 15 heavy (non-hydrogen) atoms. The minimum Gasteiger partial charge on any atom is -0.389 e. The Bertz CT molecular complexity index is 298. The van der Waals surface area contributed by atoms with Gasteiger partial charge in [-0.2, -0.15) is 0 Å². The molecule has 0 radical (unpaired) electrons. The van der Waals surface area contributed by atoms with Gasteiger partial charge < -0.3 is 10.4 Å². The fourth-order valence-electron chi connectivity index (χ4n) is 1.14. The molecular formula is C13H21NO. The third kappa shape index (κ3) is 3.33. The van der Waals surface area contributed by atoms with Crippen molar-refractivity contribution in [3.63, 3.8) is 0 Å². The van der Waals surface area contributed by atoms with E-state index >= 15 is 0 Å². The average molecular weight is 207 g/mol. The maximum Gasteiger partial charge on any atom is 0.0767 e. The fraction of sp³-hybridized carbons (Fsp3) is 0.538. The average Bonchev–Trinajstić information content (AvgIpc) is 2.15. The number of aliphatic hydroxyl groups is 1. The van der Waals surface area contributed by atoms with Gasteiger partial charge in [-0.05, 0) is 33.3 Å². The van der Waals surface area contributed by atoms with E-state index in [1.807, 2.05) is 45.9 Å². The second-order valence-corrected chi connectivity index (χ2v) is 5.02. The van der Waals surface area contributed by atoms with Crippen LogP contribution in [-0.4, -0.2) is 16.2 Å². The van der Waals surface area contributed by atoms with Gasteiger partial charge in [0, 0.05) is 12.1 Å². The van der Waals surface area contributed by atoms with Gasteiger partial charge in [0.15, 0.2) is 0 Å². The van der Waals surface area contributed by atoms with Crippen molar-refractivity contribution in [3.05, 3.63) is 35.9 Å². The topological polar surface area (TPSA) is 32.3 Å². The standard InChI is InChI=1S/C13H21NO/c1-12(2,13(3,4)15)14-10-11-8-6-5-7-9-11/h5-9,14-15H,10H2,1-4H3. The molecule has 0 saturated carbocycles. The van der Waals surface area contributed by atoms with E-state index in [0.717, 1.165) is 6.54 Å². The van der Waals surface area contributed by atoms with E-state index < -0.39 is 5.60 Å². The van der Waals surface area contributed by atoms with Crippen LogP contribution in [-0.2, 0) is 6.54 Å². The molecule has 2 nitrogen and oxygen atoms in total. The van der Waals surface area contributed by atoms with Crippen LogP contribution in [0.1, 0.15) is 33.3 Å². The number of nitrogens with one attached hydrogen (secondary N) is 1.